The first-order chi connectivity index (χ1) is 13.1. The van der Waals surface area contributed by atoms with Gasteiger partial charge in [-0.2, -0.15) is 0 Å². The molecule has 0 aliphatic heterocycles. The van der Waals surface area contributed by atoms with E-state index in [-0.39, 0.29) is 11.2 Å². The summed E-state index contributed by atoms with van der Waals surface area (Å²) in [6.45, 7) is 1.16. The zero-order valence-corrected chi connectivity index (χ0v) is 14.2. The Bertz CT molecular complexity index is 1190. The third-order valence-corrected chi connectivity index (χ3v) is 4.16. The van der Waals surface area contributed by atoms with E-state index in [1.165, 1.54) is 0 Å². The van der Waals surface area contributed by atoms with Crippen molar-refractivity contribution in [2.24, 2.45) is 5.73 Å². The van der Waals surface area contributed by atoms with Gasteiger partial charge in [-0.15, -0.1) is 0 Å². The molecule has 0 saturated heterocycles. The molecule has 9 heteroatoms. The molecule has 0 spiro atoms. The molecule has 0 saturated carbocycles. The first-order valence-electron chi connectivity index (χ1n) is 8.33. The van der Waals surface area contributed by atoms with Gasteiger partial charge in [-0.3, -0.25) is 14.8 Å². The molecule has 9 nitrogen and oxygen atoms in total. The van der Waals surface area contributed by atoms with Crippen LogP contribution < -0.4 is 22.3 Å². The quantitative estimate of drug-likeness (QED) is 0.359. The van der Waals surface area contributed by atoms with Crippen LogP contribution in [0.25, 0.3) is 22.6 Å². The van der Waals surface area contributed by atoms with Gasteiger partial charge in [0.25, 0.3) is 5.56 Å². The normalized spacial score (nSPS) is 11.0. The third-order valence-electron chi connectivity index (χ3n) is 4.16. The van der Waals surface area contributed by atoms with Crippen LogP contribution in [-0.4, -0.2) is 24.9 Å². The van der Waals surface area contributed by atoms with Gasteiger partial charge in [0.1, 0.15) is 17.2 Å². The van der Waals surface area contributed by atoms with Crippen molar-refractivity contribution < 1.29 is 0 Å². The Morgan fingerprint density at radius 2 is 1.74 bits per heavy atom. The van der Waals surface area contributed by atoms with E-state index in [0.717, 1.165) is 11.1 Å². The van der Waals surface area contributed by atoms with E-state index >= 15 is 0 Å². The van der Waals surface area contributed by atoms with Crippen molar-refractivity contribution in [2.75, 3.05) is 5.32 Å². The molecule has 6 N–H and O–H groups in total. The second-order valence-corrected chi connectivity index (χ2v) is 6.02. The lowest BCUT2D eigenvalue weighted by atomic mass is 10.1. The number of nitrogens with two attached hydrogens (primary N) is 1. The summed E-state index contributed by atoms with van der Waals surface area (Å²) < 4.78 is 0. The van der Waals surface area contributed by atoms with Gasteiger partial charge in [0, 0.05) is 24.8 Å². The van der Waals surface area contributed by atoms with E-state index in [0.29, 0.717) is 30.3 Å². The topological polar surface area (TPSA) is 145 Å². The Kier molecular flexibility index (Phi) is 4.27. The van der Waals surface area contributed by atoms with Gasteiger partial charge < -0.3 is 16.0 Å². The maximum Gasteiger partial charge on any atom is 0.327 e. The number of fused-ring (bicyclic) bond motifs is 1. The molecule has 0 unspecified atom stereocenters. The molecule has 0 aliphatic carbocycles. The van der Waals surface area contributed by atoms with Gasteiger partial charge in [0.2, 0.25) is 0 Å². The molecule has 0 amide bonds. The first kappa shape index (κ1) is 16.7. The van der Waals surface area contributed by atoms with Crippen LogP contribution in [0.2, 0.25) is 0 Å². The molecule has 0 bridgehead atoms. The predicted octanol–water partition coefficient (Wildman–Crippen LogP) is 1.07. The molecule has 136 valence electrons. The van der Waals surface area contributed by atoms with Gasteiger partial charge in [0.05, 0.1) is 0 Å². The van der Waals surface area contributed by atoms with Crippen molar-refractivity contribution in [3.05, 3.63) is 74.6 Å². The average Bonchev–Trinajstić information content (AvgIpc) is 3.11. The van der Waals surface area contributed by atoms with Crippen LogP contribution in [0.3, 0.4) is 0 Å². The fraction of sp³-hybridized carbons (Fsp3) is 0.111. The number of hydrogen-bond acceptors (Lipinski definition) is 6. The van der Waals surface area contributed by atoms with Crippen molar-refractivity contribution in [2.45, 2.75) is 13.1 Å². The fourth-order valence-corrected chi connectivity index (χ4v) is 2.69. The van der Waals surface area contributed by atoms with Gasteiger partial charge in [-0.1, -0.05) is 24.3 Å². The second-order valence-electron chi connectivity index (χ2n) is 6.02. The Hall–Kier alpha value is -3.72. The van der Waals surface area contributed by atoms with Crippen molar-refractivity contribution in [1.29, 1.82) is 0 Å². The Morgan fingerprint density at radius 1 is 0.963 bits per heavy atom. The summed E-state index contributed by atoms with van der Waals surface area (Å²) in [5.74, 6) is 1.16. The van der Waals surface area contributed by atoms with Gasteiger partial charge in [-0.25, -0.2) is 14.8 Å². The largest absolute Gasteiger partial charge is 0.366 e. The number of nitrogens with one attached hydrogen (secondary N) is 4. The maximum absolute atomic E-state index is 11.8. The number of imidazole rings is 1. The van der Waals surface area contributed by atoms with Crippen molar-refractivity contribution >= 4 is 17.0 Å². The van der Waals surface area contributed by atoms with E-state index in [1.54, 1.807) is 6.20 Å². The van der Waals surface area contributed by atoms with Crippen molar-refractivity contribution in [1.82, 2.24) is 24.9 Å². The summed E-state index contributed by atoms with van der Waals surface area (Å²) >= 11 is 0. The van der Waals surface area contributed by atoms with Crippen LogP contribution in [-0.2, 0) is 13.1 Å². The smallest absolute Gasteiger partial charge is 0.327 e. The summed E-state index contributed by atoms with van der Waals surface area (Å²) in [7, 11) is 0. The second kappa shape index (κ2) is 6.89. The van der Waals surface area contributed by atoms with Crippen LogP contribution >= 0.6 is 0 Å². The molecule has 27 heavy (non-hydrogen) atoms. The number of anilines is 1. The Morgan fingerprint density at radius 3 is 2.44 bits per heavy atom. The third kappa shape index (κ3) is 3.48. The van der Waals surface area contributed by atoms with E-state index in [1.807, 2.05) is 36.4 Å². The number of benzene rings is 1. The highest BCUT2D eigenvalue weighted by Gasteiger charge is 2.09. The molecule has 3 aromatic heterocycles. The predicted molar refractivity (Wildman–Crippen MR) is 102 cm³/mol. The summed E-state index contributed by atoms with van der Waals surface area (Å²) in [6, 6.07) is 11.7. The van der Waals surface area contributed by atoms with Gasteiger partial charge in [-0.05, 0) is 23.3 Å². The Balaban J connectivity index is 1.51. The van der Waals surface area contributed by atoms with E-state index in [4.69, 9.17) is 5.73 Å². The summed E-state index contributed by atoms with van der Waals surface area (Å²) in [6.07, 6.45) is 1.64. The molecule has 0 fully saturated rings. The molecule has 3 heterocycles. The molecule has 4 aromatic rings. The number of rotatable bonds is 5. The summed E-state index contributed by atoms with van der Waals surface area (Å²) in [5, 5.41) is 3.24. The van der Waals surface area contributed by atoms with Gasteiger partial charge in [0.15, 0.2) is 5.65 Å². The van der Waals surface area contributed by atoms with E-state index < -0.39 is 11.2 Å². The number of H-pyrrole nitrogens is 3. The minimum absolute atomic E-state index is 0.210. The number of hydrogen-bond donors (Lipinski definition) is 5. The molecule has 0 aliphatic rings. The number of aromatic amines is 3. The fourth-order valence-electron chi connectivity index (χ4n) is 2.69. The Labute approximate surface area is 152 Å². The first-order valence-corrected chi connectivity index (χ1v) is 8.33. The molecular formula is C18H17N7O2. The maximum atomic E-state index is 11.8. The molecule has 0 atom stereocenters. The molecule has 4 rings (SSSR count). The lowest BCUT2D eigenvalue weighted by molar-refractivity contribution is 1.05. The van der Waals surface area contributed by atoms with Crippen molar-refractivity contribution in [3.8, 4) is 11.4 Å². The minimum Gasteiger partial charge on any atom is -0.366 e. The SMILES string of the molecule is NCc1ccc(CNc2ccc(-c3nc4[nH]c(=O)[nH]c(=O)c4[nH]3)cn2)cc1. The lowest BCUT2D eigenvalue weighted by Crippen LogP contribution is -2.21. The number of pyridine rings is 1. The zero-order valence-electron chi connectivity index (χ0n) is 14.2. The zero-order chi connectivity index (χ0) is 18.8. The molecular weight excluding hydrogens is 346 g/mol. The van der Waals surface area contributed by atoms with Crippen LogP contribution in [0.1, 0.15) is 11.1 Å². The van der Waals surface area contributed by atoms with Gasteiger partial charge >= 0.3 is 5.69 Å². The highest BCUT2D eigenvalue weighted by molar-refractivity contribution is 5.74. The monoisotopic (exact) mass is 363 g/mol. The number of nitrogens with zero attached hydrogens (tertiary/aromatic N) is 2. The highest BCUT2D eigenvalue weighted by atomic mass is 16.2. The van der Waals surface area contributed by atoms with Crippen LogP contribution in [0.5, 0.6) is 0 Å². The summed E-state index contributed by atoms with van der Waals surface area (Å²) in [4.78, 5) is 39.3. The lowest BCUT2D eigenvalue weighted by Gasteiger charge is -2.07. The van der Waals surface area contributed by atoms with E-state index in [9.17, 15) is 9.59 Å². The van der Waals surface area contributed by atoms with Crippen LogP contribution in [0.4, 0.5) is 5.82 Å². The highest BCUT2D eigenvalue weighted by Crippen LogP contribution is 2.18. The molecule has 0 radical (unpaired) electrons. The molecule has 1 aromatic carbocycles. The van der Waals surface area contributed by atoms with Crippen molar-refractivity contribution in [3.63, 3.8) is 0 Å². The summed E-state index contributed by atoms with van der Waals surface area (Å²) in [5.41, 5.74) is 7.83. The van der Waals surface area contributed by atoms with E-state index in [2.05, 4.69) is 30.2 Å². The van der Waals surface area contributed by atoms with Crippen LogP contribution in [0.15, 0.2) is 52.2 Å². The van der Waals surface area contributed by atoms with Crippen LogP contribution in [0, 0.1) is 0 Å². The average molecular weight is 363 g/mol. The number of aromatic nitrogens is 5. The minimum atomic E-state index is -0.595. The standard InChI is InChI=1S/C18H17N7O2/c19-7-10-1-3-11(4-2-10)8-20-13-6-5-12(9-21-13)15-22-14-16(23-15)24-18(27)25-17(14)26/h1-6,9H,7-8,19H2,(H,20,21)(H3,22,23,24,25,26,27).